The third-order valence-electron chi connectivity index (χ3n) is 3.88. The van der Waals surface area contributed by atoms with E-state index in [4.69, 9.17) is 5.73 Å². The van der Waals surface area contributed by atoms with E-state index >= 15 is 0 Å². The van der Waals surface area contributed by atoms with Crippen LogP contribution >= 0.6 is 0 Å². The van der Waals surface area contributed by atoms with E-state index < -0.39 is 0 Å². The quantitative estimate of drug-likeness (QED) is 0.713. The zero-order valence-electron chi connectivity index (χ0n) is 9.66. The highest BCUT2D eigenvalue weighted by Gasteiger charge is 2.43. The van der Waals surface area contributed by atoms with Gasteiger partial charge < -0.3 is 10.8 Å². The van der Waals surface area contributed by atoms with Crippen molar-refractivity contribution in [1.82, 2.24) is 4.90 Å². The van der Waals surface area contributed by atoms with Crippen LogP contribution < -0.4 is 5.73 Å². The molecule has 1 aliphatic heterocycles. The van der Waals surface area contributed by atoms with Crippen LogP contribution in [0.1, 0.15) is 40.0 Å². The summed E-state index contributed by atoms with van der Waals surface area (Å²) < 4.78 is 0. The van der Waals surface area contributed by atoms with Crippen molar-refractivity contribution in [2.24, 2.45) is 5.73 Å². The summed E-state index contributed by atoms with van der Waals surface area (Å²) in [5, 5.41) is 9.68. The maximum atomic E-state index is 9.68. The third kappa shape index (κ3) is 1.81. The van der Waals surface area contributed by atoms with E-state index in [-0.39, 0.29) is 17.7 Å². The Kier molecular flexibility index (Phi) is 3.93. The van der Waals surface area contributed by atoms with Crippen molar-refractivity contribution in [1.29, 1.82) is 0 Å². The summed E-state index contributed by atoms with van der Waals surface area (Å²) in [4.78, 5) is 2.35. The van der Waals surface area contributed by atoms with Gasteiger partial charge in [0.25, 0.3) is 0 Å². The Labute approximate surface area is 87.3 Å². The van der Waals surface area contributed by atoms with Crippen LogP contribution in [0.5, 0.6) is 0 Å². The van der Waals surface area contributed by atoms with E-state index in [1.165, 1.54) is 0 Å². The van der Waals surface area contributed by atoms with Gasteiger partial charge in [-0.2, -0.15) is 0 Å². The van der Waals surface area contributed by atoms with Crippen molar-refractivity contribution in [3.05, 3.63) is 0 Å². The van der Waals surface area contributed by atoms with E-state index in [0.717, 1.165) is 32.4 Å². The summed E-state index contributed by atoms with van der Waals surface area (Å²) in [6.07, 6.45) is 2.66. The van der Waals surface area contributed by atoms with Gasteiger partial charge in [0.05, 0.1) is 6.10 Å². The summed E-state index contributed by atoms with van der Waals surface area (Å²) in [5.74, 6) is 0. The average Bonchev–Trinajstić information content (AvgIpc) is 2.17. The van der Waals surface area contributed by atoms with Crippen molar-refractivity contribution in [3.8, 4) is 0 Å². The maximum Gasteiger partial charge on any atom is 0.0682 e. The minimum Gasteiger partial charge on any atom is -0.392 e. The predicted octanol–water partition coefficient (Wildman–Crippen LogP) is 0.959. The number of hydrogen-bond acceptors (Lipinski definition) is 3. The topological polar surface area (TPSA) is 49.5 Å². The van der Waals surface area contributed by atoms with E-state index in [1.54, 1.807) is 0 Å². The number of nitrogens with zero attached hydrogens (tertiary/aromatic N) is 1. The standard InChI is InChI=1S/C11H24N2O/c1-4-11(5-2)10(12)7-9(14)8-13(11)6-3/h9-10,14H,4-8,12H2,1-3H3. The van der Waals surface area contributed by atoms with Crippen LogP contribution in [0, 0.1) is 0 Å². The first-order valence-electron chi connectivity index (χ1n) is 5.79. The average molecular weight is 200 g/mol. The fourth-order valence-electron chi connectivity index (χ4n) is 2.92. The first-order chi connectivity index (χ1) is 6.60. The SMILES string of the molecule is CCN1CC(O)CC(N)C1(CC)CC. The Hall–Kier alpha value is -0.120. The molecule has 2 unspecified atom stereocenters. The Morgan fingerprint density at radius 1 is 1.36 bits per heavy atom. The molecule has 0 radical (unpaired) electrons. The van der Waals surface area contributed by atoms with Crippen LogP contribution in [0.15, 0.2) is 0 Å². The highest BCUT2D eigenvalue weighted by atomic mass is 16.3. The molecule has 0 amide bonds. The molecule has 1 fully saturated rings. The summed E-state index contributed by atoms with van der Waals surface area (Å²) in [6.45, 7) is 8.30. The van der Waals surface area contributed by atoms with E-state index in [1.807, 2.05) is 0 Å². The Morgan fingerprint density at radius 2 is 1.93 bits per heavy atom. The van der Waals surface area contributed by atoms with Crippen molar-refractivity contribution in [2.75, 3.05) is 13.1 Å². The fraction of sp³-hybridized carbons (Fsp3) is 1.00. The highest BCUT2D eigenvalue weighted by molar-refractivity contribution is 5.02. The lowest BCUT2D eigenvalue weighted by Crippen LogP contribution is -2.65. The third-order valence-corrected chi connectivity index (χ3v) is 3.88. The summed E-state index contributed by atoms with van der Waals surface area (Å²) in [7, 11) is 0. The van der Waals surface area contributed by atoms with Crippen LogP contribution in [-0.2, 0) is 0 Å². The van der Waals surface area contributed by atoms with Gasteiger partial charge in [-0.3, -0.25) is 4.90 Å². The molecule has 2 atom stereocenters. The lowest BCUT2D eigenvalue weighted by molar-refractivity contribution is -0.0379. The number of piperidine rings is 1. The molecule has 0 aliphatic carbocycles. The Bertz CT molecular complexity index is 180. The first-order valence-corrected chi connectivity index (χ1v) is 5.79. The largest absolute Gasteiger partial charge is 0.392 e. The second-order valence-electron chi connectivity index (χ2n) is 4.35. The van der Waals surface area contributed by atoms with Gasteiger partial charge in [0.2, 0.25) is 0 Å². The van der Waals surface area contributed by atoms with Gasteiger partial charge in [-0.05, 0) is 25.8 Å². The zero-order chi connectivity index (χ0) is 10.8. The summed E-state index contributed by atoms with van der Waals surface area (Å²) in [5.41, 5.74) is 6.31. The van der Waals surface area contributed by atoms with Crippen LogP contribution in [0.2, 0.25) is 0 Å². The molecule has 3 N–H and O–H groups in total. The summed E-state index contributed by atoms with van der Waals surface area (Å²) >= 11 is 0. The lowest BCUT2D eigenvalue weighted by atomic mass is 9.77. The number of nitrogens with two attached hydrogens (primary N) is 1. The Morgan fingerprint density at radius 3 is 2.36 bits per heavy atom. The lowest BCUT2D eigenvalue weighted by Gasteiger charge is -2.51. The number of aliphatic hydroxyl groups excluding tert-OH is 1. The molecule has 0 bridgehead atoms. The molecule has 1 rings (SSSR count). The molecule has 0 aromatic heterocycles. The van der Waals surface area contributed by atoms with Gasteiger partial charge >= 0.3 is 0 Å². The molecule has 0 spiro atoms. The molecule has 0 aromatic carbocycles. The number of likely N-dealkylation sites (tertiary alicyclic amines) is 1. The molecule has 0 saturated carbocycles. The molecular weight excluding hydrogens is 176 g/mol. The first kappa shape index (κ1) is 12.0. The van der Waals surface area contributed by atoms with Gasteiger partial charge in [-0.1, -0.05) is 20.8 Å². The molecular formula is C11H24N2O. The number of hydrogen-bond donors (Lipinski definition) is 2. The van der Waals surface area contributed by atoms with Crippen LogP contribution in [-0.4, -0.2) is 40.8 Å². The van der Waals surface area contributed by atoms with E-state index in [0.29, 0.717) is 0 Å². The fourth-order valence-corrected chi connectivity index (χ4v) is 2.92. The number of aliphatic hydroxyl groups is 1. The second-order valence-corrected chi connectivity index (χ2v) is 4.35. The molecule has 1 saturated heterocycles. The predicted molar refractivity (Wildman–Crippen MR) is 59.2 cm³/mol. The van der Waals surface area contributed by atoms with Gasteiger partial charge in [0, 0.05) is 18.1 Å². The van der Waals surface area contributed by atoms with Gasteiger partial charge in [0.15, 0.2) is 0 Å². The summed E-state index contributed by atoms with van der Waals surface area (Å²) in [6, 6.07) is 0.112. The van der Waals surface area contributed by atoms with Crippen molar-refractivity contribution < 1.29 is 5.11 Å². The molecule has 3 nitrogen and oxygen atoms in total. The Balaban J connectivity index is 2.86. The minimum atomic E-state index is -0.240. The number of β-amino-alcohol motifs (C(OH)–C–C–N with tert-alkyl or cyclic N) is 1. The monoisotopic (exact) mass is 200 g/mol. The highest BCUT2D eigenvalue weighted by Crippen LogP contribution is 2.33. The van der Waals surface area contributed by atoms with Gasteiger partial charge in [-0.25, -0.2) is 0 Å². The van der Waals surface area contributed by atoms with Crippen molar-refractivity contribution in [2.45, 2.75) is 57.7 Å². The molecule has 1 heterocycles. The molecule has 1 aliphatic rings. The number of rotatable bonds is 3. The zero-order valence-corrected chi connectivity index (χ0v) is 9.66. The van der Waals surface area contributed by atoms with Crippen LogP contribution in [0.4, 0.5) is 0 Å². The van der Waals surface area contributed by atoms with E-state index in [9.17, 15) is 5.11 Å². The smallest absolute Gasteiger partial charge is 0.0682 e. The minimum absolute atomic E-state index is 0.112. The normalized spacial score (nSPS) is 33.2. The van der Waals surface area contributed by atoms with Crippen molar-refractivity contribution in [3.63, 3.8) is 0 Å². The van der Waals surface area contributed by atoms with Crippen LogP contribution in [0.3, 0.4) is 0 Å². The van der Waals surface area contributed by atoms with Gasteiger partial charge in [0.1, 0.15) is 0 Å². The second kappa shape index (κ2) is 4.60. The molecule has 3 heteroatoms. The molecule has 0 aromatic rings. The van der Waals surface area contributed by atoms with Crippen molar-refractivity contribution >= 4 is 0 Å². The molecule has 84 valence electrons. The maximum absolute atomic E-state index is 9.68. The van der Waals surface area contributed by atoms with Gasteiger partial charge in [-0.15, -0.1) is 0 Å². The number of likely N-dealkylation sites (N-methyl/N-ethyl adjacent to an activating group) is 1. The van der Waals surface area contributed by atoms with E-state index in [2.05, 4.69) is 25.7 Å². The van der Waals surface area contributed by atoms with Crippen LogP contribution in [0.25, 0.3) is 0 Å². The molecule has 14 heavy (non-hydrogen) atoms.